The van der Waals surface area contributed by atoms with Crippen LogP contribution in [-0.2, 0) is 0 Å². The molecule has 0 aliphatic heterocycles. The standard InChI is InChI=1S/C20H12FN3O3/c21-14-7-5-13(6-8-14)19-17-3-1-2-4-18(17)20(25)23(22-19)15-9-11-16(12-10-15)24(26)27/h1-12H. The lowest BCUT2D eigenvalue weighted by molar-refractivity contribution is -0.384. The predicted octanol–water partition coefficient (Wildman–Crippen LogP) is 4.10. The number of rotatable bonds is 3. The second kappa shape index (κ2) is 6.45. The van der Waals surface area contributed by atoms with Gasteiger partial charge in [-0.2, -0.15) is 9.78 Å². The van der Waals surface area contributed by atoms with Gasteiger partial charge < -0.3 is 0 Å². The summed E-state index contributed by atoms with van der Waals surface area (Å²) in [6, 6.07) is 18.4. The summed E-state index contributed by atoms with van der Waals surface area (Å²) < 4.78 is 14.5. The van der Waals surface area contributed by atoms with Crippen LogP contribution in [0.3, 0.4) is 0 Å². The van der Waals surface area contributed by atoms with Crippen LogP contribution >= 0.6 is 0 Å². The Morgan fingerprint density at radius 1 is 0.889 bits per heavy atom. The highest BCUT2D eigenvalue weighted by Crippen LogP contribution is 2.25. The number of nitro benzene ring substituents is 1. The van der Waals surface area contributed by atoms with Crippen molar-refractivity contribution in [3.05, 3.63) is 99.1 Å². The van der Waals surface area contributed by atoms with Crippen molar-refractivity contribution < 1.29 is 9.31 Å². The summed E-state index contributed by atoms with van der Waals surface area (Å²) in [6.07, 6.45) is 0. The molecule has 27 heavy (non-hydrogen) atoms. The van der Waals surface area contributed by atoms with E-state index in [-0.39, 0.29) is 17.1 Å². The van der Waals surface area contributed by atoms with Crippen molar-refractivity contribution >= 4 is 16.5 Å². The summed E-state index contributed by atoms with van der Waals surface area (Å²) in [5.74, 6) is -0.369. The van der Waals surface area contributed by atoms with Crippen LogP contribution in [-0.4, -0.2) is 14.7 Å². The summed E-state index contributed by atoms with van der Waals surface area (Å²) in [4.78, 5) is 23.2. The van der Waals surface area contributed by atoms with Crippen LogP contribution in [0.4, 0.5) is 10.1 Å². The highest BCUT2D eigenvalue weighted by atomic mass is 19.1. The molecule has 0 spiro atoms. The van der Waals surface area contributed by atoms with Crippen molar-refractivity contribution in [3.63, 3.8) is 0 Å². The lowest BCUT2D eigenvalue weighted by atomic mass is 10.0. The van der Waals surface area contributed by atoms with E-state index in [4.69, 9.17) is 0 Å². The molecule has 0 aliphatic carbocycles. The molecule has 0 bridgehead atoms. The van der Waals surface area contributed by atoms with Gasteiger partial charge in [-0.15, -0.1) is 0 Å². The van der Waals surface area contributed by atoms with Crippen molar-refractivity contribution in [1.29, 1.82) is 0 Å². The molecule has 0 aliphatic rings. The molecular weight excluding hydrogens is 349 g/mol. The third kappa shape index (κ3) is 2.95. The second-order valence-electron chi connectivity index (χ2n) is 5.89. The first-order chi connectivity index (χ1) is 13.0. The third-order valence-corrected chi connectivity index (χ3v) is 4.23. The molecule has 0 N–H and O–H groups in total. The van der Waals surface area contributed by atoms with Crippen LogP contribution in [0, 0.1) is 15.9 Å². The van der Waals surface area contributed by atoms with E-state index in [9.17, 15) is 19.3 Å². The quantitative estimate of drug-likeness (QED) is 0.406. The maximum atomic E-state index is 13.3. The Hall–Kier alpha value is -3.87. The highest BCUT2D eigenvalue weighted by Gasteiger charge is 2.14. The molecule has 4 aromatic rings. The van der Waals surface area contributed by atoms with Gasteiger partial charge in [0.15, 0.2) is 0 Å². The van der Waals surface area contributed by atoms with Crippen LogP contribution in [0.2, 0.25) is 0 Å². The molecule has 0 radical (unpaired) electrons. The molecule has 0 fully saturated rings. The number of hydrogen-bond donors (Lipinski definition) is 0. The molecule has 7 heteroatoms. The van der Waals surface area contributed by atoms with Crippen molar-refractivity contribution in [1.82, 2.24) is 9.78 Å². The molecule has 0 saturated heterocycles. The highest BCUT2D eigenvalue weighted by molar-refractivity contribution is 5.93. The molecule has 132 valence electrons. The van der Waals surface area contributed by atoms with Crippen LogP contribution in [0.25, 0.3) is 27.7 Å². The van der Waals surface area contributed by atoms with Crippen LogP contribution in [0.5, 0.6) is 0 Å². The average Bonchev–Trinajstić information content (AvgIpc) is 2.69. The summed E-state index contributed by atoms with van der Waals surface area (Å²) in [5.41, 5.74) is 1.16. The fourth-order valence-electron chi connectivity index (χ4n) is 2.90. The van der Waals surface area contributed by atoms with Crippen molar-refractivity contribution in [2.24, 2.45) is 0 Å². The van der Waals surface area contributed by atoms with Gasteiger partial charge in [0.25, 0.3) is 11.2 Å². The summed E-state index contributed by atoms with van der Waals surface area (Å²) in [6.45, 7) is 0. The fraction of sp³-hybridized carbons (Fsp3) is 0. The van der Waals surface area contributed by atoms with Crippen LogP contribution < -0.4 is 5.56 Å². The lowest BCUT2D eigenvalue weighted by Gasteiger charge is -2.11. The van der Waals surface area contributed by atoms with Crippen LogP contribution in [0.15, 0.2) is 77.6 Å². The van der Waals surface area contributed by atoms with Gasteiger partial charge in [-0.05, 0) is 42.5 Å². The second-order valence-corrected chi connectivity index (χ2v) is 5.89. The van der Waals surface area contributed by atoms with E-state index in [1.165, 1.54) is 41.1 Å². The van der Waals surface area contributed by atoms with E-state index in [1.807, 2.05) is 0 Å². The Morgan fingerprint density at radius 3 is 2.15 bits per heavy atom. The lowest BCUT2D eigenvalue weighted by Crippen LogP contribution is -2.22. The minimum Gasteiger partial charge on any atom is -0.267 e. The van der Waals surface area contributed by atoms with Gasteiger partial charge in [0.05, 0.1) is 21.7 Å². The van der Waals surface area contributed by atoms with E-state index < -0.39 is 4.92 Å². The predicted molar refractivity (Wildman–Crippen MR) is 99.4 cm³/mol. The zero-order chi connectivity index (χ0) is 19.0. The van der Waals surface area contributed by atoms with Crippen molar-refractivity contribution in [3.8, 4) is 16.9 Å². The van der Waals surface area contributed by atoms with E-state index in [1.54, 1.807) is 36.4 Å². The molecule has 1 aromatic heterocycles. The zero-order valence-corrected chi connectivity index (χ0v) is 13.9. The number of halogens is 1. The van der Waals surface area contributed by atoms with Gasteiger partial charge in [0, 0.05) is 23.1 Å². The third-order valence-electron chi connectivity index (χ3n) is 4.23. The van der Waals surface area contributed by atoms with E-state index in [0.717, 1.165) is 0 Å². The van der Waals surface area contributed by atoms with Gasteiger partial charge >= 0.3 is 0 Å². The molecule has 1 heterocycles. The fourth-order valence-corrected chi connectivity index (χ4v) is 2.90. The molecule has 0 atom stereocenters. The number of hydrogen-bond acceptors (Lipinski definition) is 4. The van der Waals surface area contributed by atoms with Gasteiger partial charge in [0.1, 0.15) is 5.82 Å². The molecule has 4 rings (SSSR count). The number of nitro groups is 1. The minimum atomic E-state index is -0.510. The van der Waals surface area contributed by atoms with E-state index >= 15 is 0 Å². The Bertz CT molecular complexity index is 1220. The molecule has 6 nitrogen and oxygen atoms in total. The summed E-state index contributed by atoms with van der Waals surface area (Å²) in [7, 11) is 0. The van der Waals surface area contributed by atoms with Gasteiger partial charge in [-0.25, -0.2) is 4.39 Å². The first-order valence-corrected chi connectivity index (χ1v) is 8.07. The van der Waals surface area contributed by atoms with Crippen molar-refractivity contribution in [2.45, 2.75) is 0 Å². The molecule has 0 amide bonds. The van der Waals surface area contributed by atoms with E-state index in [0.29, 0.717) is 27.7 Å². The Balaban J connectivity index is 1.99. The number of nitrogens with zero attached hydrogens (tertiary/aromatic N) is 3. The Morgan fingerprint density at radius 2 is 1.52 bits per heavy atom. The maximum absolute atomic E-state index is 13.3. The molecular formula is C20H12FN3O3. The van der Waals surface area contributed by atoms with Gasteiger partial charge in [-0.3, -0.25) is 14.9 Å². The minimum absolute atomic E-state index is 0.0775. The number of benzene rings is 3. The van der Waals surface area contributed by atoms with E-state index in [2.05, 4.69) is 5.10 Å². The molecule has 3 aromatic carbocycles. The summed E-state index contributed by atoms with van der Waals surface area (Å²) in [5, 5.41) is 16.4. The average molecular weight is 361 g/mol. The Labute approximate surface area is 152 Å². The smallest absolute Gasteiger partial charge is 0.267 e. The summed E-state index contributed by atoms with van der Waals surface area (Å²) >= 11 is 0. The Kier molecular flexibility index (Phi) is 3.97. The maximum Gasteiger partial charge on any atom is 0.279 e. The molecule has 0 unspecified atom stereocenters. The number of aromatic nitrogens is 2. The SMILES string of the molecule is O=c1c2ccccc2c(-c2ccc(F)cc2)nn1-c1ccc([N+](=O)[O-])cc1. The topological polar surface area (TPSA) is 78.0 Å². The van der Waals surface area contributed by atoms with Gasteiger partial charge in [0.2, 0.25) is 0 Å². The monoisotopic (exact) mass is 361 g/mol. The molecule has 0 saturated carbocycles. The first-order valence-electron chi connectivity index (χ1n) is 8.07. The van der Waals surface area contributed by atoms with Crippen molar-refractivity contribution in [2.75, 3.05) is 0 Å². The number of fused-ring (bicyclic) bond motifs is 1. The first kappa shape index (κ1) is 16.6. The zero-order valence-electron chi connectivity index (χ0n) is 13.9. The van der Waals surface area contributed by atoms with Crippen LogP contribution in [0.1, 0.15) is 0 Å². The number of non-ortho nitro benzene ring substituents is 1. The largest absolute Gasteiger partial charge is 0.279 e. The normalized spacial score (nSPS) is 10.9. The van der Waals surface area contributed by atoms with Gasteiger partial charge in [-0.1, -0.05) is 18.2 Å².